The predicted octanol–water partition coefficient (Wildman–Crippen LogP) is 6.24. The molecule has 3 nitrogen and oxygen atoms in total. The highest BCUT2D eigenvalue weighted by Gasteiger charge is 2.87. The summed E-state index contributed by atoms with van der Waals surface area (Å²) in [5.74, 6) is -1.69. The molecule has 0 unspecified atom stereocenters. The second-order valence-electron chi connectivity index (χ2n) is 11.6. The molecule has 178 valence electrons. The van der Waals surface area contributed by atoms with E-state index in [1.54, 1.807) is 0 Å². The molecule has 0 N–H and O–H groups in total. The maximum absolute atomic E-state index is 14.5. The summed E-state index contributed by atoms with van der Waals surface area (Å²) in [6.45, 7) is 4.32. The molecule has 0 saturated carbocycles. The number of hydrogen-bond donors (Lipinski definition) is 0. The van der Waals surface area contributed by atoms with Gasteiger partial charge >= 0.3 is 11.9 Å². The minimum absolute atomic E-state index is 0.252. The van der Waals surface area contributed by atoms with E-state index < -0.39 is 10.8 Å². The Morgan fingerprint density at radius 1 is 0.486 bits per heavy atom. The SMILES string of the molecule is Cc1ccc(C)c2c1[C@H]1c3ccccc3[C@@H]2[C@]23C(=O)OC(=O)[C@]12C1c2ccccc2C3c2ccccc21. The first-order valence-electron chi connectivity index (χ1n) is 13.2. The number of carbonyl (C=O) groups is 2. The van der Waals surface area contributed by atoms with E-state index in [9.17, 15) is 9.59 Å². The third-order valence-electron chi connectivity index (χ3n) is 10.5. The number of cyclic esters (lactones) is 2. The van der Waals surface area contributed by atoms with Crippen LogP contribution in [0.2, 0.25) is 0 Å². The molecule has 1 aliphatic heterocycles. The summed E-state index contributed by atoms with van der Waals surface area (Å²) in [5, 5.41) is 0. The van der Waals surface area contributed by atoms with Gasteiger partial charge in [0.1, 0.15) is 10.8 Å². The molecule has 1 saturated heterocycles. The summed E-state index contributed by atoms with van der Waals surface area (Å²) in [6, 6.07) is 29.9. The lowest BCUT2D eigenvalue weighted by molar-refractivity contribution is -0.156. The van der Waals surface area contributed by atoms with Gasteiger partial charge in [-0.1, -0.05) is 84.9 Å². The lowest BCUT2D eigenvalue weighted by Gasteiger charge is -2.68. The second kappa shape index (κ2) is 6.11. The largest absolute Gasteiger partial charge is 0.392 e. The van der Waals surface area contributed by atoms with Crippen molar-refractivity contribution in [1.82, 2.24) is 0 Å². The van der Waals surface area contributed by atoms with E-state index in [1.807, 2.05) is 0 Å². The van der Waals surface area contributed by atoms with E-state index in [0.717, 1.165) is 0 Å². The van der Waals surface area contributed by atoms with Crippen LogP contribution in [0, 0.1) is 24.7 Å². The van der Waals surface area contributed by atoms with Crippen molar-refractivity contribution in [2.45, 2.75) is 37.5 Å². The number of carbonyl (C=O) groups excluding carboxylic acids is 2. The molecule has 0 amide bonds. The number of ether oxygens (including phenoxy) is 1. The molecule has 7 aliphatic rings. The zero-order chi connectivity index (χ0) is 24.8. The molecule has 4 aromatic rings. The Bertz CT molecular complexity index is 1590. The van der Waals surface area contributed by atoms with E-state index in [2.05, 4.69) is 98.8 Å². The van der Waals surface area contributed by atoms with E-state index in [-0.39, 0.29) is 35.6 Å². The lowest BCUT2D eigenvalue weighted by Crippen LogP contribution is -2.68. The maximum Gasteiger partial charge on any atom is 0.322 e. The van der Waals surface area contributed by atoms with Gasteiger partial charge in [-0.3, -0.25) is 9.59 Å². The highest BCUT2D eigenvalue weighted by atomic mass is 16.6. The third-order valence-corrected chi connectivity index (χ3v) is 10.5. The quantitative estimate of drug-likeness (QED) is 0.221. The average molecular weight is 481 g/mol. The molecule has 0 radical (unpaired) electrons. The Morgan fingerprint density at radius 3 is 1.11 bits per heavy atom. The van der Waals surface area contributed by atoms with Gasteiger partial charge in [0.2, 0.25) is 0 Å². The van der Waals surface area contributed by atoms with Crippen LogP contribution in [-0.4, -0.2) is 11.9 Å². The molecule has 37 heavy (non-hydrogen) atoms. The number of aryl methyl sites for hydroxylation is 2. The van der Waals surface area contributed by atoms with Crippen LogP contribution < -0.4 is 0 Å². The smallest absolute Gasteiger partial charge is 0.322 e. The highest BCUT2D eigenvalue weighted by molar-refractivity contribution is 6.09. The summed E-state index contributed by atoms with van der Waals surface area (Å²) in [7, 11) is 0. The first-order valence-corrected chi connectivity index (χ1v) is 13.2. The number of rotatable bonds is 0. The van der Waals surface area contributed by atoms with Crippen molar-refractivity contribution in [3.8, 4) is 0 Å². The van der Waals surface area contributed by atoms with Gasteiger partial charge in [-0.2, -0.15) is 0 Å². The zero-order valence-electron chi connectivity index (χ0n) is 20.6. The van der Waals surface area contributed by atoms with Crippen molar-refractivity contribution in [3.05, 3.63) is 141 Å². The standard InChI is InChI=1S/C34H24O3/c1-17-15-16-18(2)26-25(17)29-23-13-7-8-14-24(23)30(26)34-28-21-11-5-3-9-19(21)27(20-10-4-6-12-22(20)28)33(29,34)31(35)37-32(34)36/h3-16,27-30H,1-2H3/t27?,28?,29-,30+,33+,34-. The van der Waals surface area contributed by atoms with Crippen LogP contribution in [-0.2, 0) is 14.3 Å². The molecule has 4 bridgehead atoms. The van der Waals surface area contributed by atoms with Crippen LogP contribution in [0.3, 0.4) is 0 Å². The highest BCUT2D eigenvalue weighted by Crippen LogP contribution is 2.85. The van der Waals surface area contributed by atoms with Crippen molar-refractivity contribution < 1.29 is 14.3 Å². The Morgan fingerprint density at radius 2 is 0.784 bits per heavy atom. The molecule has 6 aliphatic carbocycles. The normalized spacial score (nSPS) is 32.6. The van der Waals surface area contributed by atoms with Crippen molar-refractivity contribution in [3.63, 3.8) is 0 Å². The van der Waals surface area contributed by atoms with Crippen LogP contribution in [0.25, 0.3) is 0 Å². The van der Waals surface area contributed by atoms with Crippen LogP contribution >= 0.6 is 0 Å². The monoisotopic (exact) mass is 480 g/mol. The van der Waals surface area contributed by atoms with Crippen molar-refractivity contribution in [2.24, 2.45) is 10.8 Å². The van der Waals surface area contributed by atoms with Crippen molar-refractivity contribution >= 4 is 11.9 Å². The topological polar surface area (TPSA) is 43.4 Å². The minimum Gasteiger partial charge on any atom is -0.392 e. The van der Waals surface area contributed by atoms with Crippen molar-refractivity contribution in [2.75, 3.05) is 0 Å². The molecule has 3 heteroatoms. The van der Waals surface area contributed by atoms with Gasteiger partial charge in [0.05, 0.1) is 0 Å². The summed E-state index contributed by atoms with van der Waals surface area (Å²) in [6.07, 6.45) is 0. The van der Waals surface area contributed by atoms with Crippen LogP contribution in [0.4, 0.5) is 0 Å². The lowest BCUT2D eigenvalue weighted by atomic mass is 9.29. The Hall–Kier alpha value is -3.98. The zero-order valence-corrected chi connectivity index (χ0v) is 20.6. The number of benzene rings is 4. The maximum atomic E-state index is 14.5. The van der Waals surface area contributed by atoms with Gasteiger partial charge in [0.15, 0.2) is 0 Å². The second-order valence-corrected chi connectivity index (χ2v) is 11.6. The fraction of sp³-hybridized carbons (Fsp3) is 0.235. The first-order chi connectivity index (χ1) is 18.0. The Labute approximate surface area is 215 Å². The Kier molecular flexibility index (Phi) is 3.32. The average Bonchev–Trinajstić information content (AvgIpc) is 3.18. The first kappa shape index (κ1) is 20.1. The molecule has 4 aromatic carbocycles. The molecule has 0 aromatic heterocycles. The summed E-state index contributed by atoms with van der Waals surface area (Å²) in [5.41, 5.74) is 9.82. The summed E-state index contributed by atoms with van der Waals surface area (Å²) < 4.78 is 5.93. The van der Waals surface area contributed by atoms with E-state index >= 15 is 0 Å². The van der Waals surface area contributed by atoms with E-state index in [4.69, 9.17) is 4.74 Å². The van der Waals surface area contributed by atoms with Gasteiger partial charge in [-0.05, 0) is 69.5 Å². The number of esters is 2. The van der Waals surface area contributed by atoms with Gasteiger partial charge in [-0.15, -0.1) is 0 Å². The molecule has 1 fully saturated rings. The summed E-state index contributed by atoms with van der Waals surface area (Å²) in [4.78, 5) is 29.1. The van der Waals surface area contributed by atoms with Gasteiger partial charge in [-0.25, -0.2) is 0 Å². The van der Waals surface area contributed by atoms with E-state index in [0.29, 0.717) is 0 Å². The van der Waals surface area contributed by atoms with Crippen LogP contribution in [0.1, 0.15) is 79.3 Å². The molecule has 1 heterocycles. The molecular formula is C34H24O3. The number of hydrogen-bond acceptors (Lipinski definition) is 3. The van der Waals surface area contributed by atoms with Gasteiger partial charge in [0.25, 0.3) is 0 Å². The third kappa shape index (κ3) is 1.79. The fourth-order valence-electron chi connectivity index (χ4n) is 9.65. The van der Waals surface area contributed by atoms with E-state index in [1.165, 1.54) is 55.6 Å². The molecular weight excluding hydrogens is 456 g/mol. The van der Waals surface area contributed by atoms with Gasteiger partial charge in [0, 0.05) is 23.7 Å². The van der Waals surface area contributed by atoms with Crippen LogP contribution in [0.5, 0.6) is 0 Å². The predicted molar refractivity (Wildman–Crippen MR) is 139 cm³/mol. The van der Waals surface area contributed by atoms with Crippen molar-refractivity contribution in [1.29, 1.82) is 0 Å². The molecule has 11 rings (SSSR count). The van der Waals surface area contributed by atoms with Crippen LogP contribution in [0.15, 0.2) is 84.9 Å². The molecule has 4 atom stereocenters. The van der Waals surface area contributed by atoms with Gasteiger partial charge < -0.3 is 4.74 Å². The fourth-order valence-corrected chi connectivity index (χ4v) is 9.65. The minimum atomic E-state index is -1.03. The Balaban J connectivity index is 1.57. The molecule has 0 spiro atoms. The summed E-state index contributed by atoms with van der Waals surface area (Å²) >= 11 is 0.